The van der Waals surface area contributed by atoms with Crippen LogP contribution in [0, 0.1) is 0 Å². The van der Waals surface area contributed by atoms with Crippen LogP contribution in [0.4, 0.5) is 32.2 Å². The van der Waals surface area contributed by atoms with E-state index in [0.717, 1.165) is 58.7 Å². The van der Waals surface area contributed by atoms with Crippen LogP contribution in [0.25, 0.3) is 0 Å². The number of hydrogen-bond donors (Lipinski definition) is 2. The largest absolute Gasteiger partial charge is 0.490 e. The third-order valence-corrected chi connectivity index (χ3v) is 5.89. The number of carbonyl (C=O) groups is 2. The Labute approximate surface area is 220 Å². The lowest BCUT2D eigenvalue weighted by Crippen LogP contribution is -2.45. The molecular weight excluding hydrogens is 536 g/mol. The number of likely N-dealkylation sites (N-methyl/N-ethyl adjacent to an activating group) is 1. The number of fused-ring (bicyclic) bond motifs is 1. The second-order valence-electron chi connectivity index (χ2n) is 8.78. The normalized spacial score (nSPS) is 16.5. The molecule has 0 aliphatic carbocycles. The van der Waals surface area contributed by atoms with Crippen LogP contribution in [0.15, 0.2) is 36.7 Å². The molecule has 39 heavy (non-hydrogen) atoms. The minimum Gasteiger partial charge on any atom is -0.475 e. The molecule has 2 aliphatic heterocycles. The van der Waals surface area contributed by atoms with Crippen molar-refractivity contribution >= 4 is 17.8 Å². The second-order valence-corrected chi connectivity index (χ2v) is 8.78. The smallest absolute Gasteiger partial charge is 0.475 e. The fourth-order valence-electron chi connectivity index (χ4n) is 3.85. The molecule has 1 aromatic carbocycles. The quantitative estimate of drug-likeness (QED) is 0.543. The Kier molecular flexibility index (Phi) is 11.5. The van der Waals surface area contributed by atoms with Gasteiger partial charge in [-0.3, -0.25) is 4.90 Å². The van der Waals surface area contributed by atoms with Crippen LogP contribution in [-0.4, -0.2) is 101 Å². The van der Waals surface area contributed by atoms with Gasteiger partial charge in [-0.05, 0) is 19.0 Å². The average Bonchev–Trinajstić information content (AvgIpc) is 3.07. The van der Waals surface area contributed by atoms with Gasteiger partial charge < -0.3 is 20.0 Å². The number of rotatable bonds is 3. The summed E-state index contributed by atoms with van der Waals surface area (Å²) in [5, 5.41) is 14.2. The molecule has 0 amide bonds. The van der Waals surface area contributed by atoms with Crippen LogP contribution < -0.4 is 4.90 Å². The zero-order chi connectivity index (χ0) is 29.2. The molecule has 3 heterocycles. The predicted molar refractivity (Wildman–Crippen MR) is 128 cm³/mol. The lowest BCUT2D eigenvalue weighted by Gasteiger charge is -2.34. The molecule has 9 nitrogen and oxygen atoms in total. The Balaban J connectivity index is 0.000000317. The number of carboxylic acid groups (broad SMARTS) is 2. The Morgan fingerprint density at radius 2 is 1.33 bits per heavy atom. The van der Waals surface area contributed by atoms with E-state index in [-0.39, 0.29) is 0 Å². The number of carboxylic acids is 2. The highest BCUT2D eigenvalue weighted by Gasteiger charge is 2.38. The van der Waals surface area contributed by atoms with E-state index in [1.807, 2.05) is 0 Å². The molecule has 2 aromatic rings. The van der Waals surface area contributed by atoms with Crippen molar-refractivity contribution in [3.05, 3.63) is 53.5 Å². The average molecular weight is 566 g/mol. The van der Waals surface area contributed by atoms with Crippen molar-refractivity contribution in [3.63, 3.8) is 0 Å². The van der Waals surface area contributed by atoms with Crippen molar-refractivity contribution in [1.29, 1.82) is 0 Å². The number of halogens is 6. The molecule has 0 bridgehead atoms. The first-order chi connectivity index (χ1) is 18.2. The van der Waals surface area contributed by atoms with Gasteiger partial charge in [-0.25, -0.2) is 19.6 Å². The van der Waals surface area contributed by atoms with Gasteiger partial charge in [0.05, 0.1) is 5.69 Å². The van der Waals surface area contributed by atoms with Gasteiger partial charge in [0.1, 0.15) is 12.1 Å². The second kappa shape index (κ2) is 14.1. The highest BCUT2D eigenvalue weighted by molar-refractivity contribution is 5.73. The van der Waals surface area contributed by atoms with Gasteiger partial charge in [0.15, 0.2) is 0 Å². The molecule has 0 atom stereocenters. The highest BCUT2D eigenvalue weighted by atomic mass is 19.4. The molecule has 2 aliphatic rings. The molecule has 0 spiro atoms. The summed E-state index contributed by atoms with van der Waals surface area (Å²) in [5.74, 6) is -4.33. The van der Waals surface area contributed by atoms with Crippen LogP contribution in [0.2, 0.25) is 0 Å². The predicted octanol–water partition coefficient (Wildman–Crippen LogP) is 3.10. The molecule has 15 heteroatoms. The van der Waals surface area contributed by atoms with Gasteiger partial charge in [-0.2, -0.15) is 26.3 Å². The lowest BCUT2D eigenvalue weighted by atomic mass is 10.1. The minimum atomic E-state index is -5.08. The first-order valence-electron chi connectivity index (χ1n) is 11.8. The number of piperazine rings is 1. The molecule has 0 unspecified atom stereocenters. The van der Waals surface area contributed by atoms with Crippen molar-refractivity contribution < 1.29 is 46.1 Å². The van der Waals surface area contributed by atoms with Gasteiger partial charge in [0.2, 0.25) is 0 Å². The van der Waals surface area contributed by atoms with E-state index in [9.17, 15) is 26.3 Å². The maximum atomic E-state index is 10.6. The van der Waals surface area contributed by atoms with Gasteiger partial charge in [0.25, 0.3) is 0 Å². The zero-order valence-electron chi connectivity index (χ0n) is 21.0. The Morgan fingerprint density at radius 3 is 1.85 bits per heavy atom. The van der Waals surface area contributed by atoms with Crippen molar-refractivity contribution in [2.45, 2.75) is 31.7 Å². The third-order valence-electron chi connectivity index (χ3n) is 5.89. The maximum absolute atomic E-state index is 10.6. The molecule has 4 rings (SSSR count). The van der Waals surface area contributed by atoms with Gasteiger partial charge in [-0.15, -0.1) is 0 Å². The number of hydrogen-bond acceptors (Lipinski definition) is 7. The van der Waals surface area contributed by atoms with Crippen LogP contribution in [0.3, 0.4) is 0 Å². The van der Waals surface area contributed by atoms with Crippen molar-refractivity contribution in [3.8, 4) is 0 Å². The Morgan fingerprint density at radius 1 is 0.821 bits per heavy atom. The van der Waals surface area contributed by atoms with E-state index in [4.69, 9.17) is 19.8 Å². The maximum Gasteiger partial charge on any atom is 0.490 e. The van der Waals surface area contributed by atoms with Crippen LogP contribution in [0.5, 0.6) is 0 Å². The topological polar surface area (TPSA) is 110 Å². The summed E-state index contributed by atoms with van der Waals surface area (Å²) in [6.07, 6.45) is -6.34. The van der Waals surface area contributed by atoms with Crippen molar-refractivity contribution in [1.82, 2.24) is 19.8 Å². The third kappa shape index (κ3) is 10.7. The summed E-state index contributed by atoms with van der Waals surface area (Å²) in [5.41, 5.74) is 4.01. The van der Waals surface area contributed by atoms with Gasteiger partial charge >= 0.3 is 24.3 Å². The molecule has 1 saturated heterocycles. The van der Waals surface area contributed by atoms with Crippen LogP contribution >= 0.6 is 0 Å². The molecule has 0 radical (unpaired) electrons. The summed E-state index contributed by atoms with van der Waals surface area (Å²) in [4.78, 5) is 34.5. The number of aliphatic carboxylic acids is 2. The number of benzene rings is 1. The first kappa shape index (κ1) is 31.8. The Hall–Kier alpha value is -3.46. The van der Waals surface area contributed by atoms with E-state index in [1.165, 1.54) is 22.6 Å². The summed E-state index contributed by atoms with van der Waals surface area (Å²) < 4.78 is 63.5. The minimum absolute atomic E-state index is 1.02. The summed E-state index contributed by atoms with van der Waals surface area (Å²) >= 11 is 0. The molecule has 0 saturated carbocycles. The SMILES string of the molecule is CN1CCN(c2ncnc3c2CCN(Cc2ccccc2)CC3)CC1.O=C(O)C(F)(F)F.O=C(O)C(F)(F)F. The fourth-order valence-corrected chi connectivity index (χ4v) is 3.85. The number of aromatic nitrogens is 2. The van der Waals surface area contributed by atoms with E-state index in [0.29, 0.717) is 0 Å². The van der Waals surface area contributed by atoms with Crippen molar-refractivity contribution in [2.75, 3.05) is 51.2 Å². The number of anilines is 1. The van der Waals surface area contributed by atoms with Gasteiger partial charge in [-0.1, -0.05) is 30.3 Å². The highest BCUT2D eigenvalue weighted by Crippen LogP contribution is 2.25. The monoisotopic (exact) mass is 565 g/mol. The molecule has 1 fully saturated rings. The molecular formula is C24H29F6N5O4. The number of nitrogens with zero attached hydrogens (tertiary/aromatic N) is 5. The molecule has 216 valence electrons. The van der Waals surface area contributed by atoms with Crippen LogP contribution in [-0.2, 0) is 29.0 Å². The summed E-state index contributed by atoms with van der Waals surface area (Å²) in [6, 6.07) is 10.8. The van der Waals surface area contributed by atoms with E-state index in [1.54, 1.807) is 6.33 Å². The number of alkyl halides is 6. The van der Waals surface area contributed by atoms with Gasteiger partial charge in [0, 0.05) is 57.8 Å². The molecule has 2 N–H and O–H groups in total. The van der Waals surface area contributed by atoms with E-state index >= 15 is 0 Å². The van der Waals surface area contributed by atoms with E-state index in [2.05, 4.69) is 62.0 Å². The van der Waals surface area contributed by atoms with Crippen molar-refractivity contribution in [2.24, 2.45) is 0 Å². The fraction of sp³-hybridized carbons (Fsp3) is 0.500. The molecule has 1 aromatic heterocycles. The zero-order valence-corrected chi connectivity index (χ0v) is 21.0. The summed E-state index contributed by atoms with van der Waals surface area (Å²) in [6.45, 7) is 7.52. The first-order valence-corrected chi connectivity index (χ1v) is 11.8. The standard InChI is InChI=1S/C20H27N5.2C2HF3O2/c1-23-11-13-25(14-12-23)20-18-7-9-24(10-8-19(18)21-16-22-20)15-17-5-3-2-4-6-17;2*3-2(4,5)1(6)7/h2-6,16H,7-15H2,1H3;2*(H,6,7). The lowest BCUT2D eigenvalue weighted by molar-refractivity contribution is -0.193. The Bertz CT molecular complexity index is 1050. The summed E-state index contributed by atoms with van der Waals surface area (Å²) in [7, 11) is 2.19. The van der Waals surface area contributed by atoms with E-state index < -0.39 is 24.3 Å². The van der Waals surface area contributed by atoms with Crippen LogP contribution in [0.1, 0.15) is 16.8 Å².